The normalized spacial score (nSPS) is 12.7. The maximum atomic E-state index is 12.6. The highest BCUT2D eigenvalue weighted by atomic mass is 19.4. The van der Waals surface area contributed by atoms with E-state index in [0.717, 1.165) is 12.1 Å². The molecule has 7 heteroatoms. The van der Waals surface area contributed by atoms with Crippen molar-refractivity contribution in [2.75, 3.05) is 0 Å². The number of hydrogen-bond donors (Lipinski definition) is 0. The third-order valence-corrected chi connectivity index (χ3v) is 3.42. The number of aryl methyl sites for hydroxylation is 2. The van der Waals surface area contributed by atoms with Crippen LogP contribution in [-0.2, 0) is 6.18 Å². The van der Waals surface area contributed by atoms with Crippen LogP contribution in [0, 0.1) is 25.2 Å². The fraction of sp³-hybridized carbons (Fsp3) is 0.312. The molecule has 0 amide bonds. The van der Waals surface area contributed by atoms with Gasteiger partial charge in [0.2, 0.25) is 5.91 Å². The van der Waals surface area contributed by atoms with Crippen molar-refractivity contribution in [2.45, 2.75) is 32.4 Å². The zero-order valence-corrected chi connectivity index (χ0v) is 12.6. The van der Waals surface area contributed by atoms with Gasteiger partial charge in [-0.15, -0.1) is 0 Å². The fourth-order valence-corrected chi connectivity index (χ4v) is 2.28. The Labute approximate surface area is 131 Å². The maximum absolute atomic E-state index is 12.6. The van der Waals surface area contributed by atoms with Gasteiger partial charge in [0, 0.05) is 12.1 Å². The number of benzene rings is 1. The van der Waals surface area contributed by atoms with Gasteiger partial charge in [-0.2, -0.15) is 23.5 Å². The molecule has 0 N–H and O–H groups in total. The van der Waals surface area contributed by atoms with E-state index < -0.39 is 17.7 Å². The number of nitriles is 1. The van der Waals surface area contributed by atoms with Gasteiger partial charge in [-0.05, 0) is 37.6 Å². The highest BCUT2D eigenvalue weighted by Crippen LogP contribution is 2.30. The van der Waals surface area contributed by atoms with Crippen LogP contribution in [0.3, 0.4) is 0 Å². The highest BCUT2D eigenvalue weighted by molar-refractivity contribution is 5.80. The first kappa shape index (κ1) is 16.7. The van der Waals surface area contributed by atoms with Crippen molar-refractivity contribution in [3.8, 4) is 6.07 Å². The molecule has 0 radical (unpaired) electrons. The zero-order valence-electron chi connectivity index (χ0n) is 12.6. The van der Waals surface area contributed by atoms with E-state index in [2.05, 4.69) is 5.10 Å². The van der Waals surface area contributed by atoms with E-state index in [1.54, 1.807) is 19.9 Å². The Balaban J connectivity index is 2.19. The number of alkyl halides is 3. The van der Waals surface area contributed by atoms with Crippen molar-refractivity contribution in [1.29, 1.82) is 5.26 Å². The first-order valence-corrected chi connectivity index (χ1v) is 6.85. The molecule has 0 saturated carbocycles. The second-order valence-corrected chi connectivity index (χ2v) is 5.24. The van der Waals surface area contributed by atoms with Crippen molar-refractivity contribution < 1.29 is 18.0 Å². The van der Waals surface area contributed by atoms with Crippen molar-refractivity contribution >= 4 is 5.91 Å². The van der Waals surface area contributed by atoms with Gasteiger partial charge in [-0.1, -0.05) is 12.1 Å². The van der Waals surface area contributed by atoms with E-state index in [1.807, 2.05) is 6.07 Å². The third kappa shape index (κ3) is 3.77. The fourth-order valence-electron chi connectivity index (χ4n) is 2.28. The molecule has 2 rings (SSSR count). The van der Waals surface area contributed by atoms with Gasteiger partial charge in [-0.3, -0.25) is 4.79 Å². The molecule has 2 aromatic rings. The molecule has 1 aromatic carbocycles. The largest absolute Gasteiger partial charge is 0.416 e. The smallest absolute Gasteiger partial charge is 0.273 e. The lowest BCUT2D eigenvalue weighted by Crippen LogP contribution is -2.17. The SMILES string of the molecule is Cc1cc(C)n(C(=O)C[C@@H](C#N)c2ccc(C(F)(F)F)cc2)n1. The predicted molar refractivity (Wildman–Crippen MR) is 76.7 cm³/mol. The first-order valence-electron chi connectivity index (χ1n) is 6.85. The lowest BCUT2D eigenvalue weighted by Gasteiger charge is -2.11. The maximum Gasteiger partial charge on any atom is 0.416 e. The lowest BCUT2D eigenvalue weighted by molar-refractivity contribution is -0.137. The molecular formula is C16H14F3N3O. The van der Waals surface area contributed by atoms with Crippen LogP contribution in [0.2, 0.25) is 0 Å². The molecular weight excluding hydrogens is 307 g/mol. The second-order valence-electron chi connectivity index (χ2n) is 5.24. The number of aromatic nitrogens is 2. The quantitative estimate of drug-likeness (QED) is 0.862. The molecule has 1 atom stereocenters. The molecule has 0 saturated heterocycles. The summed E-state index contributed by atoms with van der Waals surface area (Å²) < 4.78 is 38.9. The van der Waals surface area contributed by atoms with Crippen LogP contribution in [-0.4, -0.2) is 15.7 Å². The van der Waals surface area contributed by atoms with Crippen LogP contribution in [0.25, 0.3) is 0 Å². The number of rotatable bonds is 3. The summed E-state index contributed by atoms with van der Waals surface area (Å²) in [5.41, 5.74) is 0.911. The van der Waals surface area contributed by atoms with Crippen molar-refractivity contribution in [1.82, 2.24) is 9.78 Å². The van der Waals surface area contributed by atoms with Gasteiger partial charge in [0.05, 0.1) is 23.2 Å². The Bertz CT molecular complexity index is 754. The molecule has 0 aliphatic rings. The van der Waals surface area contributed by atoms with Gasteiger partial charge in [0.1, 0.15) is 0 Å². The minimum Gasteiger partial charge on any atom is -0.273 e. The highest BCUT2D eigenvalue weighted by Gasteiger charge is 2.30. The first-order chi connectivity index (χ1) is 10.7. The van der Waals surface area contributed by atoms with E-state index in [-0.39, 0.29) is 12.3 Å². The van der Waals surface area contributed by atoms with E-state index in [0.29, 0.717) is 17.0 Å². The van der Waals surface area contributed by atoms with Crippen LogP contribution < -0.4 is 0 Å². The Hall–Kier alpha value is -2.62. The Kier molecular flexibility index (Phi) is 4.55. The summed E-state index contributed by atoms with van der Waals surface area (Å²) in [5, 5.41) is 13.3. The summed E-state index contributed by atoms with van der Waals surface area (Å²) in [4.78, 5) is 12.2. The molecule has 4 nitrogen and oxygen atoms in total. The van der Waals surface area contributed by atoms with Crippen molar-refractivity contribution in [2.24, 2.45) is 0 Å². The zero-order chi connectivity index (χ0) is 17.2. The molecule has 0 aliphatic heterocycles. The van der Waals surface area contributed by atoms with Crippen LogP contribution >= 0.6 is 0 Å². The second kappa shape index (κ2) is 6.24. The summed E-state index contributed by atoms with van der Waals surface area (Å²) in [5.74, 6) is -1.20. The van der Waals surface area contributed by atoms with Gasteiger partial charge >= 0.3 is 6.18 Å². The topological polar surface area (TPSA) is 58.7 Å². The summed E-state index contributed by atoms with van der Waals surface area (Å²) >= 11 is 0. The Morgan fingerprint density at radius 3 is 2.35 bits per heavy atom. The summed E-state index contributed by atoms with van der Waals surface area (Å²) in [7, 11) is 0. The van der Waals surface area contributed by atoms with Crippen LogP contribution in [0.1, 0.15) is 39.6 Å². The number of carbonyl (C=O) groups is 1. The number of nitrogens with zero attached hydrogens (tertiary/aromatic N) is 3. The summed E-state index contributed by atoms with van der Waals surface area (Å²) in [6.07, 6.45) is -4.58. The van der Waals surface area contributed by atoms with Crippen molar-refractivity contribution in [3.05, 3.63) is 52.8 Å². The monoisotopic (exact) mass is 321 g/mol. The Morgan fingerprint density at radius 2 is 1.91 bits per heavy atom. The van der Waals surface area contributed by atoms with Gasteiger partial charge in [0.25, 0.3) is 0 Å². The summed E-state index contributed by atoms with van der Waals surface area (Å²) in [6.45, 7) is 3.46. The average molecular weight is 321 g/mol. The standard InChI is InChI=1S/C16H14F3N3O/c1-10-7-11(2)22(21-10)15(23)8-13(9-20)12-3-5-14(6-4-12)16(17,18)19/h3-7,13H,8H2,1-2H3/t13-/m0/s1. The molecule has 0 aliphatic carbocycles. The number of hydrogen-bond acceptors (Lipinski definition) is 3. The minimum absolute atomic E-state index is 0.149. The number of halogens is 3. The van der Waals surface area contributed by atoms with Gasteiger partial charge < -0.3 is 0 Å². The molecule has 0 unspecified atom stereocenters. The lowest BCUT2D eigenvalue weighted by atomic mass is 9.96. The third-order valence-electron chi connectivity index (χ3n) is 3.42. The average Bonchev–Trinajstić information content (AvgIpc) is 2.82. The molecule has 0 bridgehead atoms. The molecule has 1 heterocycles. The van der Waals surface area contributed by atoms with Crippen LogP contribution in [0.5, 0.6) is 0 Å². The molecule has 0 fully saturated rings. The van der Waals surface area contributed by atoms with Gasteiger partial charge in [0.15, 0.2) is 0 Å². The molecule has 0 spiro atoms. The van der Waals surface area contributed by atoms with E-state index in [4.69, 9.17) is 0 Å². The van der Waals surface area contributed by atoms with Crippen molar-refractivity contribution in [3.63, 3.8) is 0 Å². The minimum atomic E-state index is -4.43. The molecule has 1 aromatic heterocycles. The molecule has 120 valence electrons. The van der Waals surface area contributed by atoms with Gasteiger partial charge in [-0.25, -0.2) is 4.68 Å². The van der Waals surface area contributed by atoms with Crippen LogP contribution in [0.15, 0.2) is 30.3 Å². The summed E-state index contributed by atoms with van der Waals surface area (Å²) in [6, 6.07) is 7.97. The van der Waals surface area contributed by atoms with E-state index >= 15 is 0 Å². The van der Waals surface area contributed by atoms with E-state index in [1.165, 1.54) is 16.8 Å². The Morgan fingerprint density at radius 1 is 1.30 bits per heavy atom. The van der Waals surface area contributed by atoms with E-state index in [9.17, 15) is 23.2 Å². The van der Waals surface area contributed by atoms with Crippen LogP contribution in [0.4, 0.5) is 13.2 Å². The molecule has 23 heavy (non-hydrogen) atoms. The predicted octanol–water partition coefficient (Wildman–Crippen LogP) is 3.86. The number of carbonyl (C=O) groups excluding carboxylic acids is 1.